The van der Waals surface area contributed by atoms with E-state index < -0.39 is 0 Å². The van der Waals surface area contributed by atoms with E-state index in [-0.39, 0.29) is 11.5 Å². The van der Waals surface area contributed by atoms with Crippen LogP contribution in [0.1, 0.15) is 23.7 Å². The third-order valence-electron chi connectivity index (χ3n) is 3.37. The summed E-state index contributed by atoms with van der Waals surface area (Å²) >= 11 is 12.5. The molecule has 2 aromatic carbocycles. The summed E-state index contributed by atoms with van der Waals surface area (Å²) in [5.74, 6) is 0.927. The Morgan fingerprint density at radius 1 is 1.05 bits per heavy atom. The summed E-state index contributed by atoms with van der Waals surface area (Å²) in [6, 6.07) is 15.9. The van der Waals surface area contributed by atoms with E-state index in [1.54, 1.807) is 0 Å². The molecule has 0 aliphatic carbocycles. The number of halogens is 2. The molecule has 2 aromatic rings. The number of alkyl halides is 1. The molecule has 0 amide bonds. The van der Waals surface area contributed by atoms with Gasteiger partial charge in [-0.1, -0.05) is 41.9 Å². The van der Waals surface area contributed by atoms with Gasteiger partial charge in [0.2, 0.25) is 0 Å². The molecule has 2 atom stereocenters. The molecule has 0 aromatic heterocycles. The zero-order valence-corrected chi connectivity index (χ0v) is 11.9. The van der Waals surface area contributed by atoms with E-state index in [1.807, 2.05) is 42.5 Å². The van der Waals surface area contributed by atoms with E-state index in [1.165, 1.54) is 5.56 Å². The van der Waals surface area contributed by atoms with Gasteiger partial charge in [0.25, 0.3) is 0 Å². The highest BCUT2D eigenvalue weighted by Crippen LogP contribution is 2.35. The average molecular weight is 293 g/mol. The molecule has 1 heterocycles. The van der Waals surface area contributed by atoms with Gasteiger partial charge in [0, 0.05) is 16.8 Å². The van der Waals surface area contributed by atoms with Gasteiger partial charge in [-0.25, -0.2) is 0 Å². The van der Waals surface area contributed by atoms with Crippen molar-refractivity contribution in [2.45, 2.75) is 24.3 Å². The lowest BCUT2D eigenvalue weighted by molar-refractivity contribution is 0.201. The Morgan fingerprint density at radius 3 is 2.74 bits per heavy atom. The predicted molar refractivity (Wildman–Crippen MR) is 79.2 cm³/mol. The zero-order chi connectivity index (χ0) is 13.2. The van der Waals surface area contributed by atoms with Crippen molar-refractivity contribution in [3.8, 4) is 5.75 Å². The van der Waals surface area contributed by atoms with Crippen LogP contribution in [0.5, 0.6) is 5.75 Å². The maximum Gasteiger partial charge on any atom is 0.125 e. The average Bonchev–Trinajstić information content (AvgIpc) is 2.56. The summed E-state index contributed by atoms with van der Waals surface area (Å²) in [6.45, 7) is 0. The van der Waals surface area contributed by atoms with Crippen LogP contribution in [0.25, 0.3) is 0 Å². The van der Waals surface area contributed by atoms with Crippen molar-refractivity contribution in [1.29, 1.82) is 0 Å². The van der Waals surface area contributed by atoms with Crippen LogP contribution in [0.15, 0.2) is 48.5 Å². The number of fused-ring (bicyclic) bond motifs is 1. The Morgan fingerprint density at radius 2 is 1.89 bits per heavy atom. The molecule has 0 N–H and O–H groups in total. The first-order chi connectivity index (χ1) is 9.22. The lowest BCUT2D eigenvalue weighted by Gasteiger charge is -2.19. The molecule has 0 unspecified atom stereocenters. The Labute approximate surface area is 123 Å². The Bertz CT molecular complexity index is 582. The van der Waals surface area contributed by atoms with Gasteiger partial charge in [-0.05, 0) is 35.7 Å². The number of para-hydroxylation sites is 1. The second-order valence-electron chi connectivity index (χ2n) is 4.81. The summed E-state index contributed by atoms with van der Waals surface area (Å²) in [7, 11) is 0. The number of benzene rings is 2. The van der Waals surface area contributed by atoms with Crippen LogP contribution in [0, 0.1) is 0 Å². The molecular formula is C16H14Cl2O. The summed E-state index contributed by atoms with van der Waals surface area (Å²) in [6.07, 6.45) is 1.59. The number of ether oxygens (including phenoxy) is 1. The summed E-state index contributed by atoms with van der Waals surface area (Å²) < 4.78 is 6.13. The van der Waals surface area contributed by atoms with Gasteiger partial charge in [0.1, 0.15) is 11.9 Å². The van der Waals surface area contributed by atoms with Crippen molar-refractivity contribution in [2.24, 2.45) is 0 Å². The maximum atomic E-state index is 6.42. The van der Waals surface area contributed by atoms with E-state index in [0.29, 0.717) is 0 Å². The number of hydrogen-bond acceptors (Lipinski definition) is 1. The molecule has 1 nitrogen and oxygen atoms in total. The van der Waals surface area contributed by atoms with Crippen LogP contribution >= 0.6 is 23.2 Å². The molecule has 0 saturated heterocycles. The number of hydrogen-bond donors (Lipinski definition) is 0. The van der Waals surface area contributed by atoms with Crippen LogP contribution < -0.4 is 4.74 Å². The SMILES string of the molecule is Clc1cccc([C@@H]2C[C@H](Cl)Cc3ccccc3O2)c1. The van der Waals surface area contributed by atoms with Crippen LogP contribution in [0.2, 0.25) is 5.02 Å². The monoisotopic (exact) mass is 292 g/mol. The van der Waals surface area contributed by atoms with Crippen molar-refractivity contribution in [3.63, 3.8) is 0 Å². The highest BCUT2D eigenvalue weighted by atomic mass is 35.5. The minimum atomic E-state index is -0.0372. The van der Waals surface area contributed by atoms with E-state index in [2.05, 4.69) is 6.07 Å². The lowest BCUT2D eigenvalue weighted by atomic mass is 10.0. The smallest absolute Gasteiger partial charge is 0.125 e. The van der Waals surface area contributed by atoms with Crippen molar-refractivity contribution < 1.29 is 4.74 Å². The largest absolute Gasteiger partial charge is 0.485 e. The van der Waals surface area contributed by atoms with Crippen LogP contribution in [0.4, 0.5) is 0 Å². The molecule has 0 bridgehead atoms. The van der Waals surface area contributed by atoms with Crippen molar-refractivity contribution in [1.82, 2.24) is 0 Å². The predicted octanol–water partition coefficient (Wildman–Crippen LogP) is 5.01. The molecule has 3 rings (SSSR count). The van der Waals surface area contributed by atoms with Gasteiger partial charge in [0.15, 0.2) is 0 Å². The normalized spacial score (nSPS) is 22.2. The van der Waals surface area contributed by atoms with Crippen molar-refractivity contribution >= 4 is 23.2 Å². The third-order valence-corrected chi connectivity index (χ3v) is 3.94. The second kappa shape index (κ2) is 5.44. The fourth-order valence-electron chi connectivity index (χ4n) is 2.45. The first kappa shape index (κ1) is 12.8. The molecular weight excluding hydrogens is 279 g/mol. The summed E-state index contributed by atoms with van der Waals surface area (Å²) in [5, 5.41) is 0.803. The van der Waals surface area contributed by atoms with E-state index in [0.717, 1.165) is 29.2 Å². The zero-order valence-electron chi connectivity index (χ0n) is 10.4. The van der Waals surface area contributed by atoms with Gasteiger partial charge >= 0.3 is 0 Å². The lowest BCUT2D eigenvalue weighted by Crippen LogP contribution is -2.11. The van der Waals surface area contributed by atoms with E-state index in [4.69, 9.17) is 27.9 Å². The minimum absolute atomic E-state index is 0.0372. The maximum absolute atomic E-state index is 6.42. The Kier molecular flexibility index (Phi) is 3.67. The summed E-state index contributed by atoms with van der Waals surface area (Å²) in [4.78, 5) is 0. The van der Waals surface area contributed by atoms with Gasteiger partial charge in [-0.15, -0.1) is 11.6 Å². The number of rotatable bonds is 1. The first-order valence-electron chi connectivity index (χ1n) is 6.36. The molecule has 1 aliphatic heterocycles. The molecule has 19 heavy (non-hydrogen) atoms. The molecule has 0 fully saturated rings. The highest BCUT2D eigenvalue weighted by Gasteiger charge is 2.24. The standard InChI is InChI=1S/C16H14Cl2O/c17-13-6-3-5-12(8-13)16-10-14(18)9-11-4-1-2-7-15(11)19-16/h1-8,14,16H,9-10H2/t14-,16+/m1/s1. The second-order valence-corrected chi connectivity index (χ2v) is 5.86. The topological polar surface area (TPSA) is 9.23 Å². The van der Waals surface area contributed by atoms with E-state index in [9.17, 15) is 0 Å². The van der Waals surface area contributed by atoms with Crippen LogP contribution in [-0.2, 0) is 6.42 Å². The fraction of sp³-hybridized carbons (Fsp3) is 0.250. The van der Waals surface area contributed by atoms with E-state index >= 15 is 0 Å². The fourth-order valence-corrected chi connectivity index (χ4v) is 2.98. The van der Waals surface area contributed by atoms with Crippen molar-refractivity contribution in [3.05, 3.63) is 64.7 Å². The van der Waals surface area contributed by atoms with Crippen molar-refractivity contribution in [2.75, 3.05) is 0 Å². The van der Waals surface area contributed by atoms with Gasteiger partial charge < -0.3 is 4.74 Å². The molecule has 0 spiro atoms. The molecule has 98 valence electrons. The van der Waals surface area contributed by atoms with Gasteiger partial charge in [-0.3, -0.25) is 0 Å². The highest BCUT2D eigenvalue weighted by molar-refractivity contribution is 6.30. The van der Waals surface area contributed by atoms with Gasteiger partial charge in [-0.2, -0.15) is 0 Å². The molecule has 0 saturated carbocycles. The van der Waals surface area contributed by atoms with Crippen LogP contribution in [0.3, 0.4) is 0 Å². The quantitative estimate of drug-likeness (QED) is 0.671. The Balaban J connectivity index is 1.95. The molecule has 0 radical (unpaired) electrons. The van der Waals surface area contributed by atoms with Gasteiger partial charge in [0.05, 0.1) is 0 Å². The Hall–Kier alpha value is -1.18. The molecule has 1 aliphatic rings. The third kappa shape index (κ3) is 2.88. The first-order valence-corrected chi connectivity index (χ1v) is 7.18. The minimum Gasteiger partial charge on any atom is -0.485 e. The molecule has 3 heteroatoms. The summed E-state index contributed by atoms with van der Waals surface area (Å²) in [5.41, 5.74) is 2.25. The van der Waals surface area contributed by atoms with Crippen LogP contribution in [-0.4, -0.2) is 5.38 Å².